The summed E-state index contributed by atoms with van der Waals surface area (Å²) in [6, 6.07) is 3.22. The van der Waals surface area contributed by atoms with E-state index < -0.39 is 0 Å². The van der Waals surface area contributed by atoms with Gasteiger partial charge in [-0.1, -0.05) is 0 Å². The summed E-state index contributed by atoms with van der Waals surface area (Å²) < 4.78 is 5.12. The summed E-state index contributed by atoms with van der Waals surface area (Å²) in [6.45, 7) is 1.46. The zero-order valence-corrected chi connectivity index (χ0v) is 9.07. The van der Waals surface area contributed by atoms with Crippen molar-refractivity contribution in [1.82, 2.24) is 0 Å². The second-order valence-corrected chi connectivity index (χ2v) is 3.23. The molecule has 1 rings (SSSR count). The summed E-state index contributed by atoms with van der Waals surface area (Å²) in [5, 5.41) is 0. The van der Waals surface area contributed by atoms with Gasteiger partial charge in [0.25, 0.3) is 0 Å². The number of carbonyl (C=O) groups is 1. The molecule has 0 aliphatic rings. The predicted molar refractivity (Wildman–Crippen MR) is 60.9 cm³/mol. The number of methoxy groups -OCH3 is 1. The van der Waals surface area contributed by atoms with Crippen molar-refractivity contribution in [3.63, 3.8) is 0 Å². The Kier molecular flexibility index (Phi) is 3.04. The molecular weight excluding hydrogens is 194 g/mol. The smallest absolute Gasteiger partial charge is 0.223 e. The lowest BCUT2D eigenvalue weighted by atomic mass is 10.2. The molecule has 0 saturated carbocycles. The van der Waals surface area contributed by atoms with Crippen molar-refractivity contribution < 1.29 is 9.53 Å². The summed E-state index contributed by atoms with van der Waals surface area (Å²) in [4.78, 5) is 12.7. The molecule has 82 valence electrons. The Balaban J connectivity index is 3.27. The molecule has 1 aromatic carbocycles. The van der Waals surface area contributed by atoms with Gasteiger partial charge in [0.1, 0.15) is 5.75 Å². The minimum atomic E-state index is -0.0996. The fourth-order valence-electron chi connectivity index (χ4n) is 1.20. The van der Waals surface area contributed by atoms with Gasteiger partial charge in [0, 0.05) is 20.0 Å². The van der Waals surface area contributed by atoms with Crippen LogP contribution in [-0.2, 0) is 4.79 Å². The number of anilines is 3. The first kappa shape index (κ1) is 11.2. The van der Waals surface area contributed by atoms with Gasteiger partial charge in [-0.2, -0.15) is 0 Å². The molecule has 0 radical (unpaired) electrons. The van der Waals surface area contributed by atoms with E-state index >= 15 is 0 Å². The maximum Gasteiger partial charge on any atom is 0.223 e. The van der Waals surface area contributed by atoms with Crippen LogP contribution in [0.2, 0.25) is 0 Å². The third-order valence-corrected chi connectivity index (χ3v) is 2.22. The highest BCUT2D eigenvalue weighted by Gasteiger charge is 2.13. The van der Waals surface area contributed by atoms with Crippen LogP contribution in [0, 0.1) is 0 Å². The Morgan fingerprint density at radius 2 is 1.87 bits per heavy atom. The van der Waals surface area contributed by atoms with Crippen LogP contribution in [0.25, 0.3) is 0 Å². The van der Waals surface area contributed by atoms with Crippen molar-refractivity contribution in [3.05, 3.63) is 12.1 Å². The lowest BCUT2D eigenvalue weighted by Crippen LogP contribution is -2.23. The number of carbonyl (C=O) groups excluding carboxylic acids is 1. The van der Waals surface area contributed by atoms with Gasteiger partial charge in [-0.15, -0.1) is 0 Å². The summed E-state index contributed by atoms with van der Waals surface area (Å²) in [5.74, 6) is 0.428. The highest BCUT2D eigenvalue weighted by atomic mass is 16.5. The van der Waals surface area contributed by atoms with Crippen molar-refractivity contribution in [2.45, 2.75) is 6.92 Å². The maximum atomic E-state index is 11.2. The quantitative estimate of drug-likeness (QED) is 0.707. The summed E-state index contributed by atoms with van der Waals surface area (Å²) in [7, 11) is 3.16. The average molecular weight is 209 g/mol. The van der Waals surface area contributed by atoms with Crippen LogP contribution in [0.4, 0.5) is 17.1 Å². The standard InChI is InChI=1S/C10H15N3O2/c1-6(14)13(2)9-4-7(11)8(12)5-10(9)15-3/h4-5H,11-12H2,1-3H3. The number of hydrogen-bond acceptors (Lipinski definition) is 4. The van der Waals surface area contributed by atoms with E-state index in [1.165, 1.54) is 18.9 Å². The van der Waals surface area contributed by atoms with Crippen LogP contribution in [0.15, 0.2) is 12.1 Å². The molecule has 0 unspecified atom stereocenters. The monoisotopic (exact) mass is 209 g/mol. The van der Waals surface area contributed by atoms with E-state index in [4.69, 9.17) is 16.2 Å². The molecule has 0 saturated heterocycles. The molecule has 0 spiro atoms. The second-order valence-electron chi connectivity index (χ2n) is 3.23. The Bertz CT molecular complexity index is 390. The number of ether oxygens (including phenoxy) is 1. The van der Waals surface area contributed by atoms with Gasteiger partial charge in [0.2, 0.25) is 5.91 Å². The molecule has 15 heavy (non-hydrogen) atoms. The van der Waals surface area contributed by atoms with E-state index in [2.05, 4.69) is 0 Å². The van der Waals surface area contributed by atoms with E-state index in [9.17, 15) is 4.79 Å². The number of nitrogens with zero attached hydrogens (tertiary/aromatic N) is 1. The number of nitrogens with two attached hydrogens (primary N) is 2. The van der Waals surface area contributed by atoms with E-state index in [-0.39, 0.29) is 5.91 Å². The molecule has 4 N–H and O–H groups in total. The lowest BCUT2D eigenvalue weighted by Gasteiger charge is -2.19. The number of benzene rings is 1. The fraction of sp³-hybridized carbons (Fsp3) is 0.300. The fourth-order valence-corrected chi connectivity index (χ4v) is 1.20. The van der Waals surface area contributed by atoms with Crippen LogP contribution in [-0.4, -0.2) is 20.1 Å². The molecule has 0 aliphatic heterocycles. The van der Waals surface area contributed by atoms with Crippen LogP contribution < -0.4 is 21.1 Å². The highest BCUT2D eigenvalue weighted by molar-refractivity contribution is 5.94. The van der Waals surface area contributed by atoms with Gasteiger partial charge in [0.05, 0.1) is 24.2 Å². The first-order valence-electron chi connectivity index (χ1n) is 4.44. The van der Waals surface area contributed by atoms with E-state index in [0.29, 0.717) is 22.8 Å². The number of nitrogen functional groups attached to an aromatic ring is 2. The number of hydrogen-bond donors (Lipinski definition) is 2. The molecule has 0 atom stereocenters. The summed E-state index contributed by atoms with van der Waals surface area (Å²) in [6.07, 6.45) is 0. The average Bonchev–Trinajstić information content (AvgIpc) is 2.20. The normalized spacial score (nSPS) is 9.80. The molecule has 0 bridgehead atoms. The lowest BCUT2D eigenvalue weighted by molar-refractivity contribution is -0.116. The van der Waals surface area contributed by atoms with E-state index in [0.717, 1.165) is 0 Å². The molecule has 5 nitrogen and oxygen atoms in total. The number of rotatable bonds is 2. The largest absolute Gasteiger partial charge is 0.494 e. The van der Waals surface area contributed by atoms with Gasteiger partial charge < -0.3 is 21.1 Å². The van der Waals surface area contributed by atoms with Gasteiger partial charge in [-0.3, -0.25) is 4.79 Å². The van der Waals surface area contributed by atoms with Crippen molar-refractivity contribution >= 4 is 23.0 Å². The Morgan fingerprint density at radius 3 is 2.33 bits per heavy atom. The molecule has 5 heteroatoms. The second kappa shape index (κ2) is 4.08. The maximum absolute atomic E-state index is 11.2. The molecule has 1 aromatic rings. The summed E-state index contributed by atoms with van der Waals surface area (Å²) >= 11 is 0. The molecule has 0 aliphatic carbocycles. The van der Waals surface area contributed by atoms with Crippen LogP contribution >= 0.6 is 0 Å². The topological polar surface area (TPSA) is 81.6 Å². The first-order chi connectivity index (χ1) is 6.97. The predicted octanol–water partition coefficient (Wildman–Crippen LogP) is 0.842. The molecule has 0 heterocycles. The highest BCUT2D eigenvalue weighted by Crippen LogP contribution is 2.33. The molecular formula is C10H15N3O2. The molecule has 1 amide bonds. The minimum absolute atomic E-state index is 0.0996. The van der Waals surface area contributed by atoms with Crippen LogP contribution in [0.5, 0.6) is 5.75 Å². The van der Waals surface area contributed by atoms with Crippen molar-refractivity contribution in [1.29, 1.82) is 0 Å². The van der Waals surface area contributed by atoms with Crippen molar-refractivity contribution in [2.75, 3.05) is 30.5 Å². The van der Waals surface area contributed by atoms with Gasteiger partial charge in [0.15, 0.2) is 0 Å². The zero-order chi connectivity index (χ0) is 11.6. The Morgan fingerprint density at radius 1 is 1.33 bits per heavy atom. The molecule has 0 aromatic heterocycles. The zero-order valence-electron chi connectivity index (χ0n) is 9.07. The van der Waals surface area contributed by atoms with Gasteiger partial charge in [-0.05, 0) is 6.07 Å². The van der Waals surface area contributed by atoms with Crippen LogP contribution in [0.1, 0.15) is 6.92 Å². The third kappa shape index (κ3) is 2.12. The molecule has 0 fully saturated rings. The van der Waals surface area contributed by atoms with E-state index in [1.807, 2.05) is 0 Å². The Labute approximate surface area is 88.6 Å². The van der Waals surface area contributed by atoms with Crippen molar-refractivity contribution in [2.24, 2.45) is 0 Å². The summed E-state index contributed by atoms with van der Waals surface area (Å²) in [5.41, 5.74) is 12.8. The minimum Gasteiger partial charge on any atom is -0.494 e. The van der Waals surface area contributed by atoms with Gasteiger partial charge in [-0.25, -0.2) is 0 Å². The van der Waals surface area contributed by atoms with Crippen LogP contribution in [0.3, 0.4) is 0 Å². The van der Waals surface area contributed by atoms with Crippen molar-refractivity contribution in [3.8, 4) is 5.75 Å². The van der Waals surface area contributed by atoms with Gasteiger partial charge >= 0.3 is 0 Å². The SMILES string of the molecule is COc1cc(N)c(N)cc1N(C)C(C)=O. The number of amides is 1. The third-order valence-electron chi connectivity index (χ3n) is 2.22. The first-order valence-corrected chi connectivity index (χ1v) is 4.44. The van der Waals surface area contributed by atoms with E-state index in [1.54, 1.807) is 19.2 Å². The Hall–Kier alpha value is -1.91.